The number of carbonyl (C=O) groups excluding carboxylic acids is 1. The summed E-state index contributed by atoms with van der Waals surface area (Å²) in [7, 11) is 0. The van der Waals surface area contributed by atoms with E-state index in [0.29, 0.717) is 13.1 Å². The van der Waals surface area contributed by atoms with Gasteiger partial charge in [0, 0.05) is 49.8 Å². The molecule has 2 fully saturated rings. The van der Waals surface area contributed by atoms with Crippen LogP contribution in [0.1, 0.15) is 44.1 Å². The third-order valence-electron chi connectivity index (χ3n) is 5.68. The normalized spacial score (nSPS) is 19.6. The molecule has 2 aliphatic rings. The Bertz CT molecular complexity index is 970. The van der Waals surface area contributed by atoms with Gasteiger partial charge in [-0.05, 0) is 58.2 Å². The second-order valence-electron chi connectivity index (χ2n) is 9.95. The van der Waals surface area contributed by atoms with Gasteiger partial charge in [0.1, 0.15) is 17.2 Å². The molecule has 0 saturated carbocycles. The number of pyridine rings is 1. The van der Waals surface area contributed by atoms with Gasteiger partial charge in [-0.25, -0.2) is 14.8 Å². The molecule has 0 spiro atoms. The quantitative estimate of drug-likeness (QED) is 0.624. The molecule has 0 aliphatic carbocycles. The minimum absolute atomic E-state index is 0.113. The van der Waals surface area contributed by atoms with Crippen molar-refractivity contribution in [2.24, 2.45) is 0 Å². The number of aryl methyl sites for hydroxylation is 1. The Kier molecular flexibility index (Phi) is 7.90. The lowest BCUT2D eigenvalue weighted by Crippen LogP contribution is -2.47. The molecule has 2 aliphatic heterocycles. The summed E-state index contributed by atoms with van der Waals surface area (Å²) in [5.74, 6) is 1.57. The molecule has 0 unspecified atom stereocenters. The fourth-order valence-corrected chi connectivity index (χ4v) is 4.82. The molecule has 1 amide bonds. The number of rotatable bonds is 6. The van der Waals surface area contributed by atoms with Crippen molar-refractivity contribution in [1.82, 2.24) is 19.8 Å². The Morgan fingerprint density at radius 3 is 2.71 bits per heavy atom. The molecule has 4 rings (SSSR count). The number of amides is 1. The van der Waals surface area contributed by atoms with Crippen LogP contribution < -0.4 is 10.6 Å². The van der Waals surface area contributed by atoms with Crippen molar-refractivity contribution in [3.05, 3.63) is 28.8 Å². The Labute approximate surface area is 205 Å². The summed E-state index contributed by atoms with van der Waals surface area (Å²) in [5, 5.41) is 7.77. The lowest BCUT2D eigenvalue weighted by Gasteiger charge is -2.34. The van der Waals surface area contributed by atoms with Gasteiger partial charge in [-0.15, -0.1) is 11.3 Å². The molecular formula is C24H36N6O3S. The van der Waals surface area contributed by atoms with Crippen molar-refractivity contribution in [2.75, 3.05) is 50.0 Å². The Balaban J connectivity index is 1.48. The van der Waals surface area contributed by atoms with Crippen LogP contribution in [0.4, 0.5) is 21.6 Å². The Morgan fingerprint density at radius 1 is 1.24 bits per heavy atom. The number of anilines is 3. The molecule has 2 N–H and O–H groups in total. The summed E-state index contributed by atoms with van der Waals surface area (Å²) >= 11 is 1.61. The highest BCUT2D eigenvalue weighted by molar-refractivity contribution is 7.15. The summed E-state index contributed by atoms with van der Waals surface area (Å²) in [6.45, 7) is 13.3. The van der Waals surface area contributed by atoms with Crippen molar-refractivity contribution < 1.29 is 14.3 Å². The van der Waals surface area contributed by atoms with Crippen LogP contribution in [0.2, 0.25) is 0 Å². The standard InChI is InChI=1S/C24H36N6O3S/c1-17-14-25-22(34-17)28-21-13-18(15-29-8-10-32-11-9-29)12-20(27-21)26-19-6-5-7-30(16-19)23(31)33-24(2,3)4/h12-14,19H,5-11,15-16H2,1-4H3,(H2,25,26,27,28)/t19-/m0/s1. The highest BCUT2D eigenvalue weighted by atomic mass is 32.1. The first-order valence-electron chi connectivity index (χ1n) is 12.0. The zero-order valence-electron chi connectivity index (χ0n) is 20.6. The molecule has 2 aromatic rings. The summed E-state index contributed by atoms with van der Waals surface area (Å²) < 4.78 is 11.1. The van der Waals surface area contributed by atoms with Gasteiger partial charge in [0.25, 0.3) is 0 Å². The zero-order valence-corrected chi connectivity index (χ0v) is 21.4. The maximum atomic E-state index is 12.6. The highest BCUT2D eigenvalue weighted by Crippen LogP contribution is 2.25. The van der Waals surface area contributed by atoms with Crippen LogP contribution in [0, 0.1) is 6.92 Å². The first kappa shape index (κ1) is 24.7. The Morgan fingerprint density at radius 2 is 2.00 bits per heavy atom. The molecule has 1 atom stereocenters. The molecule has 2 aromatic heterocycles. The average Bonchev–Trinajstić information content (AvgIpc) is 3.18. The second-order valence-corrected chi connectivity index (χ2v) is 11.2. The lowest BCUT2D eigenvalue weighted by molar-refractivity contribution is 0.0206. The predicted octanol–water partition coefficient (Wildman–Crippen LogP) is 4.23. The molecule has 4 heterocycles. The van der Waals surface area contributed by atoms with Crippen LogP contribution in [-0.2, 0) is 16.0 Å². The van der Waals surface area contributed by atoms with E-state index in [1.807, 2.05) is 33.9 Å². The first-order valence-corrected chi connectivity index (χ1v) is 12.8. The zero-order chi connectivity index (χ0) is 24.1. The van der Waals surface area contributed by atoms with Crippen LogP contribution in [0.5, 0.6) is 0 Å². The Hall–Kier alpha value is -2.43. The molecule has 34 heavy (non-hydrogen) atoms. The van der Waals surface area contributed by atoms with Gasteiger partial charge in [0.2, 0.25) is 0 Å². The first-order chi connectivity index (χ1) is 16.2. The monoisotopic (exact) mass is 488 g/mol. The van der Waals surface area contributed by atoms with Crippen molar-refractivity contribution in [3.63, 3.8) is 0 Å². The van der Waals surface area contributed by atoms with Gasteiger partial charge in [-0.2, -0.15) is 0 Å². The topological polar surface area (TPSA) is 91.9 Å². The van der Waals surface area contributed by atoms with E-state index in [9.17, 15) is 4.79 Å². The molecule has 10 heteroatoms. The number of ether oxygens (including phenoxy) is 2. The van der Waals surface area contributed by atoms with E-state index in [2.05, 4.69) is 32.7 Å². The van der Waals surface area contributed by atoms with E-state index in [1.165, 1.54) is 5.56 Å². The highest BCUT2D eigenvalue weighted by Gasteiger charge is 2.28. The number of likely N-dealkylation sites (tertiary alicyclic amines) is 1. The third-order valence-corrected chi connectivity index (χ3v) is 6.50. The van der Waals surface area contributed by atoms with Gasteiger partial charge >= 0.3 is 6.09 Å². The van der Waals surface area contributed by atoms with E-state index in [4.69, 9.17) is 14.5 Å². The van der Waals surface area contributed by atoms with Gasteiger partial charge in [-0.1, -0.05) is 0 Å². The maximum absolute atomic E-state index is 12.6. The van der Waals surface area contributed by atoms with Crippen molar-refractivity contribution >= 4 is 34.2 Å². The summed E-state index contributed by atoms with van der Waals surface area (Å²) in [4.78, 5) is 27.2. The van der Waals surface area contributed by atoms with Crippen LogP contribution >= 0.6 is 11.3 Å². The summed E-state index contributed by atoms with van der Waals surface area (Å²) in [6, 6.07) is 4.31. The molecule has 9 nitrogen and oxygen atoms in total. The SMILES string of the molecule is Cc1cnc(Nc2cc(CN3CCOCC3)cc(N[C@H]3CCCN(C(=O)OC(C)(C)C)C3)n2)s1. The molecular weight excluding hydrogens is 452 g/mol. The number of piperidine rings is 1. The van der Waals surface area contributed by atoms with Crippen LogP contribution in [0.25, 0.3) is 0 Å². The number of nitrogens with one attached hydrogen (secondary N) is 2. The number of aromatic nitrogens is 2. The smallest absolute Gasteiger partial charge is 0.410 e. The minimum Gasteiger partial charge on any atom is -0.444 e. The fraction of sp³-hybridized carbons (Fsp3) is 0.625. The predicted molar refractivity (Wildman–Crippen MR) is 135 cm³/mol. The van der Waals surface area contributed by atoms with E-state index < -0.39 is 5.60 Å². The number of carbonyl (C=O) groups is 1. The summed E-state index contributed by atoms with van der Waals surface area (Å²) in [5.41, 5.74) is 0.677. The van der Waals surface area contributed by atoms with E-state index in [0.717, 1.165) is 67.3 Å². The third kappa shape index (κ3) is 7.28. The number of thiazole rings is 1. The maximum Gasteiger partial charge on any atom is 0.410 e. The molecule has 186 valence electrons. The number of hydrogen-bond acceptors (Lipinski definition) is 9. The summed E-state index contributed by atoms with van der Waals surface area (Å²) in [6.07, 6.45) is 3.50. The molecule has 2 saturated heterocycles. The van der Waals surface area contributed by atoms with Crippen molar-refractivity contribution in [3.8, 4) is 0 Å². The van der Waals surface area contributed by atoms with Crippen LogP contribution in [0.3, 0.4) is 0 Å². The van der Waals surface area contributed by atoms with Crippen LogP contribution in [0.15, 0.2) is 18.3 Å². The molecule has 0 bridgehead atoms. The largest absolute Gasteiger partial charge is 0.444 e. The van der Waals surface area contributed by atoms with Gasteiger partial charge in [0.15, 0.2) is 5.13 Å². The minimum atomic E-state index is -0.498. The lowest BCUT2D eigenvalue weighted by atomic mass is 10.1. The second kappa shape index (κ2) is 10.9. The number of morpholine rings is 1. The van der Waals surface area contributed by atoms with E-state index in [-0.39, 0.29) is 12.1 Å². The van der Waals surface area contributed by atoms with Crippen LogP contribution in [-0.4, -0.2) is 76.9 Å². The number of nitrogens with zero attached hydrogens (tertiary/aromatic N) is 4. The molecule has 0 radical (unpaired) electrons. The van der Waals surface area contributed by atoms with Gasteiger partial charge < -0.3 is 25.0 Å². The van der Waals surface area contributed by atoms with Gasteiger partial charge in [0.05, 0.1) is 13.2 Å². The number of hydrogen-bond donors (Lipinski definition) is 2. The van der Waals surface area contributed by atoms with Crippen molar-refractivity contribution in [1.29, 1.82) is 0 Å². The van der Waals surface area contributed by atoms with E-state index in [1.54, 1.807) is 16.2 Å². The molecule has 0 aromatic carbocycles. The fourth-order valence-electron chi connectivity index (χ4n) is 4.15. The van der Waals surface area contributed by atoms with E-state index >= 15 is 0 Å². The van der Waals surface area contributed by atoms with Gasteiger partial charge in [-0.3, -0.25) is 4.90 Å². The average molecular weight is 489 g/mol. The van der Waals surface area contributed by atoms with Crippen molar-refractivity contribution in [2.45, 2.75) is 58.7 Å².